The third-order valence-corrected chi connectivity index (χ3v) is 8.13. The number of nitrogens with zero attached hydrogens (tertiary/aromatic N) is 2. The van der Waals surface area contributed by atoms with E-state index in [2.05, 4.69) is 58.4 Å². The van der Waals surface area contributed by atoms with Gasteiger partial charge in [0.1, 0.15) is 11.5 Å². The first kappa shape index (κ1) is 25.5. The van der Waals surface area contributed by atoms with Crippen LogP contribution >= 0.6 is 0 Å². The Bertz CT molecular complexity index is 1170. The van der Waals surface area contributed by atoms with Gasteiger partial charge < -0.3 is 25.3 Å². The highest BCUT2D eigenvalue weighted by atomic mass is 16.3. The van der Waals surface area contributed by atoms with Crippen molar-refractivity contribution in [2.24, 2.45) is 0 Å². The summed E-state index contributed by atoms with van der Waals surface area (Å²) in [5.41, 5.74) is 7.44. The minimum absolute atomic E-state index is 0.312. The van der Waals surface area contributed by atoms with E-state index in [1.54, 1.807) is 6.07 Å². The van der Waals surface area contributed by atoms with Gasteiger partial charge in [-0.3, -0.25) is 0 Å². The highest BCUT2D eigenvalue weighted by molar-refractivity contribution is 5.60. The van der Waals surface area contributed by atoms with Gasteiger partial charge in [0.05, 0.1) is 0 Å². The van der Waals surface area contributed by atoms with Crippen LogP contribution < -0.4 is 10.2 Å². The van der Waals surface area contributed by atoms with Crippen LogP contribution in [0.2, 0.25) is 0 Å². The average Bonchev–Trinajstić information content (AvgIpc) is 2.93. The summed E-state index contributed by atoms with van der Waals surface area (Å²) in [6, 6.07) is 20.5. The van der Waals surface area contributed by atoms with Crippen molar-refractivity contribution in [2.75, 3.05) is 42.9 Å². The first-order valence-electron chi connectivity index (χ1n) is 14.0. The van der Waals surface area contributed by atoms with Gasteiger partial charge in [-0.05, 0) is 111 Å². The van der Waals surface area contributed by atoms with E-state index >= 15 is 0 Å². The SMILES string of the molecule is CCN(Cc1ccc(NCCN2CCCCC2)cc1)c1cc(O)ccc1C1CCc2cc(O)ccc2C1. The molecule has 3 aromatic carbocycles. The highest BCUT2D eigenvalue weighted by Crippen LogP contribution is 2.40. The Morgan fingerprint density at radius 1 is 0.892 bits per heavy atom. The number of piperidine rings is 1. The van der Waals surface area contributed by atoms with Crippen molar-refractivity contribution in [3.63, 3.8) is 0 Å². The molecule has 37 heavy (non-hydrogen) atoms. The van der Waals surface area contributed by atoms with Gasteiger partial charge in [0.2, 0.25) is 0 Å². The van der Waals surface area contributed by atoms with Crippen LogP contribution in [0.4, 0.5) is 11.4 Å². The minimum atomic E-state index is 0.312. The van der Waals surface area contributed by atoms with E-state index in [4.69, 9.17) is 0 Å². The van der Waals surface area contributed by atoms with Gasteiger partial charge in [-0.1, -0.05) is 30.7 Å². The number of hydrogen-bond donors (Lipinski definition) is 3. The maximum Gasteiger partial charge on any atom is 0.117 e. The number of aryl methyl sites for hydroxylation is 1. The molecule has 1 atom stereocenters. The van der Waals surface area contributed by atoms with Crippen LogP contribution in [0.1, 0.15) is 60.8 Å². The molecule has 1 heterocycles. The minimum Gasteiger partial charge on any atom is -0.508 e. The Balaban J connectivity index is 1.25. The number of rotatable bonds is 9. The third-order valence-electron chi connectivity index (χ3n) is 8.13. The summed E-state index contributed by atoms with van der Waals surface area (Å²) in [4.78, 5) is 4.94. The van der Waals surface area contributed by atoms with Gasteiger partial charge >= 0.3 is 0 Å². The van der Waals surface area contributed by atoms with Crippen LogP contribution in [0.25, 0.3) is 0 Å². The predicted octanol–water partition coefficient (Wildman–Crippen LogP) is 6.29. The second-order valence-corrected chi connectivity index (χ2v) is 10.7. The molecule has 0 saturated carbocycles. The van der Waals surface area contributed by atoms with Crippen LogP contribution in [0.15, 0.2) is 60.7 Å². The highest BCUT2D eigenvalue weighted by Gasteiger charge is 2.24. The molecule has 0 amide bonds. The zero-order valence-corrected chi connectivity index (χ0v) is 22.1. The lowest BCUT2D eigenvalue weighted by molar-refractivity contribution is 0.237. The fourth-order valence-corrected chi connectivity index (χ4v) is 6.02. The number of benzene rings is 3. The summed E-state index contributed by atoms with van der Waals surface area (Å²) in [6.45, 7) is 8.42. The van der Waals surface area contributed by atoms with Crippen molar-refractivity contribution in [1.29, 1.82) is 0 Å². The van der Waals surface area contributed by atoms with Crippen LogP contribution in [0, 0.1) is 0 Å². The fraction of sp³-hybridized carbons (Fsp3) is 0.438. The topological polar surface area (TPSA) is 59.0 Å². The Kier molecular flexibility index (Phi) is 8.20. The summed E-state index contributed by atoms with van der Waals surface area (Å²) >= 11 is 0. The Morgan fingerprint density at radius 2 is 1.65 bits per heavy atom. The summed E-state index contributed by atoms with van der Waals surface area (Å²) < 4.78 is 0. The number of fused-ring (bicyclic) bond motifs is 1. The maximum atomic E-state index is 10.4. The van der Waals surface area contributed by atoms with E-state index in [1.807, 2.05) is 18.2 Å². The van der Waals surface area contributed by atoms with E-state index < -0.39 is 0 Å². The third kappa shape index (κ3) is 6.40. The van der Waals surface area contributed by atoms with Crippen LogP contribution in [-0.4, -0.2) is 47.8 Å². The molecular formula is C32H41N3O2. The maximum absolute atomic E-state index is 10.4. The van der Waals surface area contributed by atoms with Crippen molar-refractivity contribution < 1.29 is 10.2 Å². The average molecular weight is 500 g/mol. The number of anilines is 2. The van der Waals surface area contributed by atoms with E-state index in [9.17, 15) is 10.2 Å². The number of phenolic OH excluding ortho intramolecular Hbond substituents is 2. The predicted molar refractivity (Wildman–Crippen MR) is 153 cm³/mol. The van der Waals surface area contributed by atoms with Crippen LogP contribution in [-0.2, 0) is 19.4 Å². The molecule has 196 valence electrons. The number of likely N-dealkylation sites (tertiary alicyclic amines) is 1. The Hall–Kier alpha value is -3.18. The van der Waals surface area contributed by atoms with Gasteiger partial charge in [0.25, 0.3) is 0 Å². The van der Waals surface area contributed by atoms with Crippen molar-refractivity contribution in [2.45, 2.75) is 57.9 Å². The zero-order chi connectivity index (χ0) is 25.6. The first-order chi connectivity index (χ1) is 18.1. The van der Waals surface area contributed by atoms with Crippen LogP contribution in [0.3, 0.4) is 0 Å². The second kappa shape index (κ2) is 11.9. The fourth-order valence-electron chi connectivity index (χ4n) is 6.02. The molecule has 5 rings (SSSR count). The molecule has 5 nitrogen and oxygen atoms in total. The second-order valence-electron chi connectivity index (χ2n) is 10.7. The van der Waals surface area contributed by atoms with Crippen molar-refractivity contribution in [3.05, 3.63) is 82.9 Å². The molecule has 5 heteroatoms. The number of hydrogen-bond acceptors (Lipinski definition) is 5. The van der Waals surface area contributed by atoms with E-state index in [0.29, 0.717) is 17.4 Å². The summed E-state index contributed by atoms with van der Waals surface area (Å²) in [6.07, 6.45) is 7.02. The number of phenols is 2. The molecule has 3 aromatic rings. The molecule has 0 radical (unpaired) electrons. The van der Waals surface area contributed by atoms with Crippen molar-refractivity contribution in [3.8, 4) is 11.5 Å². The van der Waals surface area contributed by atoms with Crippen molar-refractivity contribution in [1.82, 2.24) is 4.90 Å². The van der Waals surface area contributed by atoms with Gasteiger partial charge in [0, 0.05) is 43.6 Å². The van der Waals surface area contributed by atoms with Crippen molar-refractivity contribution >= 4 is 11.4 Å². The number of nitrogens with one attached hydrogen (secondary N) is 1. The molecule has 1 unspecified atom stereocenters. The Morgan fingerprint density at radius 3 is 2.43 bits per heavy atom. The monoisotopic (exact) mass is 499 g/mol. The summed E-state index contributed by atoms with van der Waals surface area (Å²) in [5.74, 6) is 1.06. The summed E-state index contributed by atoms with van der Waals surface area (Å²) in [5, 5.41) is 23.8. The standard InChI is InChI=1S/C32H41N3O2/c1-2-35(23-24-6-11-28(12-7-24)33-16-19-34-17-4-3-5-18-34)32-22-30(37)14-15-31(32)27-9-8-26-21-29(36)13-10-25(26)20-27/h6-7,10-15,21-22,27,33,36-37H,2-5,8-9,16-20,23H2,1H3. The largest absolute Gasteiger partial charge is 0.508 e. The van der Waals surface area contributed by atoms with Gasteiger partial charge in [0.15, 0.2) is 0 Å². The lowest BCUT2D eigenvalue weighted by atomic mass is 9.79. The number of aromatic hydroxyl groups is 2. The molecule has 1 fully saturated rings. The van der Waals surface area contributed by atoms with Gasteiger partial charge in [-0.2, -0.15) is 0 Å². The molecule has 1 aliphatic heterocycles. The molecule has 0 spiro atoms. The normalized spacial score (nSPS) is 17.8. The van der Waals surface area contributed by atoms with Crippen LogP contribution in [0.5, 0.6) is 11.5 Å². The van der Waals surface area contributed by atoms with E-state index in [-0.39, 0.29) is 0 Å². The first-order valence-corrected chi connectivity index (χ1v) is 14.0. The molecule has 0 aromatic heterocycles. The zero-order valence-electron chi connectivity index (χ0n) is 22.1. The molecule has 2 aliphatic rings. The van der Waals surface area contributed by atoms with Gasteiger partial charge in [-0.15, -0.1) is 0 Å². The molecule has 3 N–H and O–H groups in total. The molecular weight excluding hydrogens is 458 g/mol. The van der Waals surface area contributed by atoms with E-state index in [1.165, 1.54) is 60.3 Å². The Labute approximate surface area is 221 Å². The van der Waals surface area contributed by atoms with E-state index in [0.717, 1.165) is 51.1 Å². The van der Waals surface area contributed by atoms with Gasteiger partial charge in [-0.25, -0.2) is 0 Å². The molecule has 1 saturated heterocycles. The lowest BCUT2D eigenvalue weighted by Crippen LogP contribution is -2.33. The quantitative estimate of drug-likeness (QED) is 0.323. The smallest absolute Gasteiger partial charge is 0.117 e. The molecule has 0 bridgehead atoms. The lowest BCUT2D eigenvalue weighted by Gasteiger charge is -2.31. The molecule has 1 aliphatic carbocycles. The summed E-state index contributed by atoms with van der Waals surface area (Å²) in [7, 11) is 0.